The summed E-state index contributed by atoms with van der Waals surface area (Å²) in [7, 11) is 1.59. The molecule has 0 aromatic rings. The van der Waals surface area contributed by atoms with Crippen LogP contribution in [0.3, 0.4) is 0 Å². The van der Waals surface area contributed by atoms with Crippen LogP contribution in [-0.4, -0.2) is 108 Å². The lowest BCUT2D eigenvalue weighted by Gasteiger charge is -2.51. The first-order valence-corrected chi connectivity index (χ1v) is 20.9. The maximum atomic E-state index is 14.4. The van der Waals surface area contributed by atoms with Crippen molar-refractivity contribution in [3.8, 4) is 0 Å². The van der Waals surface area contributed by atoms with Gasteiger partial charge in [0.05, 0.1) is 43.2 Å². The number of methoxy groups -OCH3 is 1. The third kappa shape index (κ3) is 8.33. The number of hydrogen-bond acceptors (Lipinski definition) is 12. The van der Waals surface area contributed by atoms with Gasteiger partial charge in [-0.25, -0.2) is 0 Å². The van der Waals surface area contributed by atoms with Gasteiger partial charge in [0, 0.05) is 38.7 Å². The zero-order chi connectivity index (χ0) is 39.1. The van der Waals surface area contributed by atoms with Crippen molar-refractivity contribution in [3.05, 3.63) is 47.1 Å². The second kappa shape index (κ2) is 17.1. The van der Waals surface area contributed by atoms with Crippen LogP contribution in [0.25, 0.3) is 0 Å². The van der Waals surface area contributed by atoms with Crippen LogP contribution in [0.15, 0.2) is 47.1 Å². The molecule has 1 saturated carbocycles. The largest absolute Gasteiger partial charge is 0.462 e. The summed E-state index contributed by atoms with van der Waals surface area (Å²) >= 11 is 0. The van der Waals surface area contributed by atoms with Gasteiger partial charge in [-0.2, -0.15) is 5.48 Å². The standard InChI is InChI=1S/C43H65NO11/c1-24-11-10-14-30-23-50-40-36(44-48)27(4)19-33(43(30,40)47)41(46)52-32-20-31(16-15-25(2)38(24)53-35-21-34(49-6)37(45)28(5)51-35)54-42(22-32)18-17-26(3)39(55-42)29-12-8-7-9-13-29/h10-11,14-15,19,24,26,28-29,31-40,44-45,47-48H,7-9,12-13,16-18,20-23H2,1-6H3/b11-10+,25-15+,30-14+/t24-,26-,28+,31-,32-,33-,34-,35-,36-,37-,38-,39?,40+,42+,43+/m0/s1. The van der Waals surface area contributed by atoms with Crippen molar-refractivity contribution in [2.75, 3.05) is 13.7 Å². The molecule has 2 bridgehead atoms. The van der Waals surface area contributed by atoms with E-state index in [1.165, 1.54) is 19.3 Å². The number of fused-ring (bicyclic) bond motifs is 2. The molecule has 5 fully saturated rings. The number of rotatable bonds is 5. The number of hydroxylamine groups is 1. The van der Waals surface area contributed by atoms with Gasteiger partial charge in [-0.3, -0.25) is 4.79 Å². The summed E-state index contributed by atoms with van der Waals surface area (Å²) in [5.74, 6) is -1.73. The van der Waals surface area contributed by atoms with Crippen molar-refractivity contribution >= 4 is 5.97 Å². The molecule has 4 N–H and O–H groups in total. The first-order chi connectivity index (χ1) is 26.4. The molecular formula is C43H65NO11. The minimum absolute atomic E-state index is 0.0768. The second-order valence-corrected chi connectivity index (χ2v) is 17.6. The van der Waals surface area contributed by atoms with Crippen LogP contribution in [-0.2, 0) is 38.0 Å². The third-order valence-electron chi connectivity index (χ3n) is 13.8. The Balaban J connectivity index is 1.24. The Morgan fingerprint density at radius 2 is 1.78 bits per heavy atom. The molecule has 55 heavy (non-hydrogen) atoms. The number of esters is 1. The van der Waals surface area contributed by atoms with E-state index in [9.17, 15) is 20.2 Å². The molecule has 4 saturated heterocycles. The van der Waals surface area contributed by atoms with Crippen LogP contribution in [0.5, 0.6) is 0 Å². The van der Waals surface area contributed by atoms with Crippen LogP contribution in [0, 0.1) is 23.7 Å². The molecule has 2 aliphatic carbocycles. The molecule has 12 heteroatoms. The number of allylic oxidation sites excluding steroid dienone is 2. The van der Waals surface area contributed by atoms with Crippen LogP contribution < -0.4 is 5.48 Å². The molecular weight excluding hydrogens is 706 g/mol. The van der Waals surface area contributed by atoms with Crippen LogP contribution in [0.1, 0.15) is 105 Å². The van der Waals surface area contributed by atoms with Crippen molar-refractivity contribution in [1.29, 1.82) is 0 Å². The topological polar surface area (TPSA) is 154 Å². The van der Waals surface area contributed by atoms with E-state index in [-0.39, 0.29) is 24.7 Å². The van der Waals surface area contributed by atoms with Gasteiger partial charge in [0.2, 0.25) is 0 Å². The van der Waals surface area contributed by atoms with E-state index >= 15 is 0 Å². The number of hydrogen-bond donors (Lipinski definition) is 4. The van der Waals surface area contributed by atoms with E-state index in [2.05, 4.69) is 32.3 Å². The summed E-state index contributed by atoms with van der Waals surface area (Å²) in [6, 6.07) is -0.712. The highest BCUT2D eigenvalue weighted by molar-refractivity contribution is 5.78. The van der Waals surface area contributed by atoms with E-state index in [0.717, 1.165) is 24.8 Å². The molecule has 0 aromatic carbocycles. The van der Waals surface area contributed by atoms with Gasteiger partial charge in [0.1, 0.15) is 29.8 Å². The molecule has 7 rings (SSSR count). The highest BCUT2D eigenvalue weighted by Gasteiger charge is 2.60. The molecule has 1 spiro atoms. The second-order valence-electron chi connectivity index (χ2n) is 17.6. The highest BCUT2D eigenvalue weighted by atomic mass is 16.7. The minimum Gasteiger partial charge on any atom is -0.462 e. The first kappa shape index (κ1) is 41.2. The number of ether oxygens (including phenoxy) is 7. The Kier molecular flexibility index (Phi) is 12.8. The van der Waals surface area contributed by atoms with Crippen molar-refractivity contribution in [3.63, 3.8) is 0 Å². The predicted octanol–water partition coefficient (Wildman–Crippen LogP) is 5.59. The van der Waals surface area contributed by atoms with Gasteiger partial charge in [-0.05, 0) is 69.4 Å². The molecule has 0 amide bonds. The maximum absolute atomic E-state index is 14.4. The SMILES string of the molecule is CO[C@H]1C[C@H](O[C@@H]2/C(C)=C/C[C@H]3C[C@@H](C[C@]4(CC[C@H](C)C(C5CCCCC5)O4)O3)OC(=O)[C@@H]3C=C(C)[C@H](NO)[C@H]4OC/C(=C\C=C\[C@@H]2C)[C@]43O)O[C@H](C)[C@@H]1O. The van der Waals surface area contributed by atoms with Crippen LogP contribution in [0.4, 0.5) is 0 Å². The molecule has 0 aromatic heterocycles. The van der Waals surface area contributed by atoms with Gasteiger partial charge in [0.15, 0.2) is 12.1 Å². The van der Waals surface area contributed by atoms with Gasteiger partial charge in [-0.15, -0.1) is 0 Å². The lowest BCUT2D eigenvalue weighted by molar-refractivity contribution is -0.342. The summed E-state index contributed by atoms with van der Waals surface area (Å²) in [5.41, 5.74) is 2.75. The Hall–Kier alpha value is -1.97. The van der Waals surface area contributed by atoms with Crippen molar-refractivity contribution in [2.45, 2.75) is 178 Å². The molecule has 5 heterocycles. The number of aliphatic hydroxyl groups is 2. The predicted molar refractivity (Wildman–Crippen MR) is 203 cm³/mol. The average Bonchev–Trinajstić information content (AvgIpc) is 3.50. The summed E-state index contributed by atoms with van der Waals surface area (Å²) in [4.78, 5) is 14.4. The molecule has 0 radical (unpaired) electrons. The Morgan fingerprint density at radius 1 is 1.00 bits per heavy atom. The van der Waals surface area contributed by atoms with Crippen LogP contribution >= 0.6 is 0 Å². The number of carbonyl (C=O) groups is 1. The first-order valence-electron chi connectivity index (χ1n) is 20.9. The smallest absolute Gasteiger partial charge is 0.316 e. The monoisotopic (exact) mass is 771 g/mol. The highest BCUT2D eigenvalue weighted by Crippen LogP contribution is 2.49. The van der Waals surface area contributed by atoms with E-state index in [1.807, 2.05) is 26.0 Å². The van der Waals surface area contributed by atoms with Gasteiger partial charge in [-0.1, -0.05) is 69.1 Å². The van der Waals surface area contributed by atoms with E-state index in [4.69, 9.17) is 33.2 Å². The summed E-state index contributed by atoms with van der Waals surface area (Å²) in [6.07, 6.45) is 14.8. The molecule has 7 aliphatic rings. The normalized spacial score (nSPS) is 48.5. The molecule has 308 valence electrons. The quantitative estimate of drug-likeness (QED) is 0.157. The van der Waals surface area contributed by atoms with E-state index < -0.39 is 72.2 Å². The summed E-state index contributed by atoms with van der Waals surface area (Å²) in [6.45, 7) is 10.1. The fourth-order valence-electron chi connectivity index (χ4n) is 10.6. The van der Waals surface area contributed by atoms with E-state index in [1.54, 1.807) is 19.3 Å². The van der Waals surface area contributed by atoms with Crippen LogP contribution in [0.2, 0.25) is 0 Å². The third-order valence-corrected chi connectivity index (χ3v) is 13.8. The molecule has 5 aliphatic heterocycles. The Labute approximate surface area is 326 Å². The van der Waals surface area contributed by atoms with Crippen molar-refractivity contribution in [1.82, 2.24) is 5.48 Å². The Bertz CT molecular complexity index is 1490. The number of aliphatic hydroxyl groups excluding tert-OH is 1. The molecule has 1 unspecified atom stereocenters. The van der Waals surface area contributed by atoms with Crippen molar-refractivity contribution in [2.24, 2.45) is 23.7 Å². The number of carbonyl (C=O) groups excluding carboxylic acids is 1. The summed E-state index contributed by atoms with van der Waals surface area (Å²) in [5, 5.41) is 33.4. The lowest BCUT2D eigenvalue weighted by Crippen LogP contribution is -2.61. The summed E-state index contributed by atoms with van der Waals surface area (Å²) < 4.78 is 45.2. The van der Waals surface area contributed by atoms with Crippen molar-refractivity contribution < 1.29 is 53.4 Å². The Morgan fingerprint density at radius 3 is 2.53 bits per heavy atom. The number of nitrogens with one attached hydrogen (secondary N) is 1. The van der Waals surface area contributed by atoms with Gasteiger partial charge in [0.25, 0.3) is 0 Å². The van der Waals surface area contributed by atoms with Gasteiger partial charge < -0.3 is 48.6 Å². The zero-order valence-electron chi connectivity index (χ0n) is 33.6. The lowest BCUT2D eigenvalue weighted by atomic mass is 9.70. The maximum Gasteiger partial charge on any atom is 0.316 e. The fraction of sp³-hybridized carbons (Fsp3) is 0.791. The van der Waals surface area contributed by atoms with E-state index in [0.29, 0.717) is 55.1 Å². The average molecular weight is 772 g/mol. The van der Waals surface area contributed by atoms with Gasteiger partial charge >= 0.3 is 5.97 Å². The molecule has 15 atom stereocenters. The zero-order valence-corrected chi connectivity index (χ0v) is 33.6. The minimum atomic E-state index is -1.76. The molecule has 12 nitrogen and oxygen atoms in total. The fourth-order valence-corrected chi connectivity index (χ4v) is 10.6.